The van der Waals surface area contributed by atoms with Crippen molar-refractivity contribution in [2.75, 3.05) is 13.6 Å². The maximum absolute atomic E-state index is 14.3. The summed E-state index contributed by atoms with van der Waals surface area (Å²) < 4.78 is 32.2. The van der Waals surface area contributed by atoms with Crippen molar-refractivity contribution < 1.29 is 32.3 Å². The minimum Gasteiger partial charge on any atom is -0.444 e. The second-order valence-corrected chi connectivity index (χ2v) is 15.9. The molecule has 2 aliphatic carbocycles. The second kappa shape index (κ2) is 13.3. The molecule has 1 saturated heterocycles. The molecular formula is C36H41N5O7S. The molecule has 2 heterocycles. The number of carbonyl (C=O) groups excluding carboxylic acids is 4. The Morgan fingerprint density at radius 1 is 0.959 bits per heavy atom. The van der Waals surface area contributed by atoms with Gasteiger partial charge in [-0.15, -0.1) is 0 Å². The average molecular weight is 688 g/mol. The molecule has 13 heteroatoms. The van der Waals surface area contributed by atoms with Crippen LogP contribution < -0.4 is 4.72 Å². The van der Waals surface area contributed by atoms with Gasteiger partial charge in [-0.3, -0.25) is 19.3 Å². The summed E-state index contributed by atoms with van der Waals surface area (Å²) in [5, 5.41) is 0.110. The molecular weight excluding hydrogens is 646 g/mol. The van der Waals surface area contributed by atoms with E-state index < -0.39 is 50.9 Å². The van der Waals surface area contributed by atoms with Crippen LogP contribution >= 0.6 is 0 Å². The number of nitrogens with zero attached hydrogens (tertiary/aromatic N) is 4. The highest BCUT2D eigenvalue weighted by Crippen LogP contribution is 2.33. The van der Waals surface area contributed by atoms with Crippen molar-refractivity contribution in [3.63, 3.8) is 0 Å². The van der Waals surface area contributed by atoms with Gasteiger partial charge in [-0.2, -0.15) is 0 Å². The Morgan fingerprint density at radius 3 is 2.29 bits per heavy atom. The standard InChI is InChI=1S/C36H41N5O7S/c1-36(2,3)48-35(45)41-22-25(20-31(41)34(44)40(24-14-15-24)19-18-32(42)38-49(46,47)26-16-17-26)39(4)33(43)28-21-30(23-10-6-5-7-11-23)37-29-13-9-8-12-27(28)29/h5-13,18-19,21,24-26,31H,14-17,20,22H2,1-4H3,(H,38,42). The highest BCUT2D eigenvalue weighted by Gasteiger charge is 2.47. The lowest BCUT2D eigenvalue weighted by Gasteiger charge is -2.30. The second-order valence-electron chi connectivity index (χ2n) is 13.9. The number of nitrogens with one attached hydrogen (secondary N) is 1. The van der Waals surface area contributed by atoms with E-state index in [2.05, 4.69) is 0 Å². The maximum atomic E-state index is 14.3. The molecule has 0 bridgehead atoms. The quantitative estimate of drug-likeness (QED) is 0.325. The van der Waals surface area contributed by atoms with Crippen molar-refractivity contribution in [2.24, 2.45) is 0 Å². The largest absolute Gasteiger partial charge is 0.444 e. The number of likely N-dealkylation sites (tertiary alicyclic amines) is 1. The molecule has 1 aliphatic heterocycles. The number of hydrogen-bond donors (Lipinski definition) is 1. The van der Waals surface area contributed by atoms with E-state index in [0.717, 1.165) is 11.6 Å². The van der Waals surface area contributed by atoms with Crippen molar-refractivity contribution in [3.05, 3.63) is 78.5 Å². The molecule has 2 aromatic carbocycles. The Kier molecular flexibility index (Phi) is 9.23. The predicted molar refractivity (Wildman–Crippen MR) is 183 cm³/mol. The number of aromatic nitrogens is 1. The third-order valence-corrected chi connectivity index (χ3v) is 10.7. The summed E-state index contributed by atoms with van der Waals surface area (Å²) in [4.78, 5) is 63.6. The first-order valence-electron chi connectivity index (χ1n) is 16.5. The number of likely N-dealkylation sites (N-methyl/N-ethyl adjacent to an activating group) is 1. The van der Waals surface area contributed by atoms with E-state index in [1.54, 1.807) is 38.8 Å². The van der Waals surface area contributed by atoms with Gasteiger partial charge in [-0.25, -0.2) is 22.9 Å². The Balaban J connectivity index is 1.27. The summed E-state index contributed by atoms with van der Waals surface area (Å²) in [7, 11) is -2.10. The first kappa shape index (κ1) is 34.1. The van der Waals surface area contributed by atoms with Crippen LogP contribution in [0.3, 0.4) is 0 Å². The number of ether oxygens (including phenoxy) is 1. The van der Waals surface area contributed by atoms with E-state index in [0.29, 0.717) is 47.8 Å². The summed E-state index contributed by atoms with van der Waals surface area (Å²) in [6.45, 7) is 5.25. The van der Waals surface area contributed by atoms with Crippen molar-refractivity contribution in [2.45, 2.75) is 81.9 Å². The van der Waals surface area contributed by atoms with Crippen molar-refractivity contribution in [3.8, 4) is 11.3 Å². The number of para-hydroxylation sites is 1. The van der Waals surface area contributed by atoms with E-state index in [1.807, 2.05) is 59.3 Å². The smallest absolute Gasteiger partial charge is 0.411 e. The highest BCUT2D eigenvalue weighted by molar-refractivity contribution is 7.91. The molecule has 2 unspecified atom stereocenters. The molecule has 1 N–H and O–H groups in total. The van der Waals surface area contributed by atoms with Crippen LogP contribution in [0.1, 0.15) is 63.2 Å². The van der Waals surface area contributed by atoms with Gasteiger partial charge in [0.15, 0.2) is 0 Å². The minimum atomic E-state index is -3.76. The number of benzene rings is 2. The zero-order chi connectivity index (χ0) is 35.1. The van der Waals surface area contributed by atoms with Crippen LogP contribution in [0.2, 0.25) is 0 Å². The van der Waals surface area contributed by atoms with Crippen molar-refractivity contribution >= 4 is 44.7 Å². The molecule has 12 nitrogen and oxygen atoms in total. The predicted octanol–water partition coefficient (Wildman–Crippen LogP) is 4.46. The molecule has 3 fully saturated rings. The number of sulfonamides is 1. The van der Waals surface area contributed by atoms with Crippen LogP contribution in [0.5, 0.6) is 0 Å². The molecule has 3 aliphatic rings. The van der Waals surface area contributed by atoms with Gasteiger partial charge in [0, 0.05) is 42.9 Å². The Bertz CT molecular complexity index is 1920. The normalized spacial score (nSPS) is 19.6. The van der Waals surface area contributed by atoms with Gasteiger partial charge in [0.05, 0.1) is 28.1 Å². The number of fused-ring (bicyclic) bond motifs is 1. The van der Waals surface area contributed by atoms with Crippen LogP contribution in [0, 0.1) is 0 Å². The zero-order valence-electron chi connectivity index (χ0n) is 28.0. The van der Waals surface area contributed by atoms with Gasteiger partial charge in [0.25, 0.3) is 11.8 Å². The molecule has 2 saturated carbocycles. The van der Waals surface area contributed by atoms with Gasteiger partial charge in [-0.1, -0.05) is 48.5 Å². The number of carbonyl (C=O) groups is 4. The van der Waals surface area contributed by atoms with Crippen LogP contribution in [-0.2, 0) is 24.3 Å². The van der Waals surface area contributed by atoms with Crippen LogP contribution in [0.4, 0.5) is 4.79 Å². The molecule has 0 spiro atoms. The van der Waals surface area contributed by atoms with E-state index in [1.165, 1.54) is 16.0 Å². The lowest BCUT2D eigenvalue weighted by Crippen LogP contribution is -2.48. The fraction of sp³-hybridized carbons (Fsp3) is 0.417. The molecule has 2 atom stereocenters. The summed E-state index contributed by atoms with van der Waals surface area (Å²) in [5.74, 6) is -1.57. The fourth-order valence-electron chi connectivity index (χ4n) is 6.00. The van der Waals surface area contributed by atoms with E-state index >= 15 is 0 Å². The number of amides is 4. The van der Waals surface area contributed by atoms with Crippen molar-refractivity contribution in [1.82, 2.24) is 24.4 Å². The SMILES string of the molecule is CN(C(=O)c1cc(-c2ccccc2)nc2ccccc12)C1CC(C(=O)N(C=CC(=O)NS(=O)(=O)C2CC2)C2CC2)N(C(=O)OC(C)(C)C)C1. The lowest BCUT2D eigenvalue weighted by atomic mass is 10.0. The molecule has 3 aromatic rings. The van der Waals surface area contributed by atoms with Crippen LogP contribution in [-0.4, -0.2) is 94.5 Å². The third-order valence-electron chi connectivity index (χ3n) is 8.86. The number of hydrogen-bond acceptors (Lipinski definition) is 8. The third kappa shape index (κ3) is 7.77. The van der Waals surface area contributed by atoms with Gasteiger partial charge in [0.1, 0.15) is 11.6 Å². The fourth-order valence-corrected chi connectivity index (χ4v) is 7.27. The summed E-state index contributed by atoms with van der Waals surface area (Å²) >= 11 is 0. The molecule has 1 aromatic heterocycles. The van der Waals surface area contributed by atoms with E-state index in [-0.39, 0.29) is 24.9 Å². The van der Waals surface area contributed by atoms with E-state index in [4.69, 9.17) is 9.72 Å². The van der Waals surface area contributed by atoms with E-state index in [9.17, 15) is 27.6 Å². The first-order valence-corrected chi connectivity index (χ1v) is 18.0. The molecule has 6 rings (SSSR count). The lowest BCUT2D eigenvalue weighted by molar-refractivity contribution is -0.133. The van der Waals surface area contributed by atoms with Crippen LogP contribution in [0.25, 0.3) is 22.2 Å². The Labute approximate surface area is 286 Å². The summed E-state index contributed by atoms with van der Waals surface area (Å²) in [6, 6.07) is 17.0. The highest BCUT2D eigenvalue weighted by atomic mass is 32.2. The van der Waals surface area contributed by atoms with Gasteiger partial charge < -0.3 is 14.5 Å². The number of rotatable bonds is 9. The first-order chi connectivity index (χ1) is 23.2. The van der Waals surface area contributed by atoms with Crippen molar-refractivity contribution in [1.29, 1.82) is 0 Å². The number of pyridine rings is 1. The molecule has 49 heavy (non-hydrogen) atoms. The van der Waals surface area contributed by atoms with Gasteiger partial charge >= 0.3 is 6.09 Å². The monoisotopic (exact) mass is 687 g/mol. The Morgan fingerprint density at radius 2 is 1.63 bits per heavy atom. The molecule has 0 radical (unpaired) electrons. The molecule has 4 amide bonds. The summed E-state index contributed by atoms with van der Waals surface area (Å²) in [5.41, 5.74) is 1.78. The summed E-state index contributed by atoms with van der Waals surface area (Å²) in [6.07, 6.45) is 4.17. The maximum Gasteiger partial charge on any atom is 0.411 e. The Hall–Kier alpha value is -4.78. The van der Waals surface area contributed by atoms with Gasteiger partial charge in [-0.05, 0) is 65.0 Å². The average Bonchev–Trinajstić information content (AvgIpc) is 4.00. The molecule has 258 valence electrons. The van der Waals surface area contributed by atoms with Crippen LogP contribution in [0.15, 0.2) is 72.9 Å². The zero-order valence-corrected chi connectivity index (χ0v) is 28.9. The minimum absolute atomic E-state index is 0.0461. The topological polar surface area (TPSA) is 146 Å². The van der Waals surface area contributed by atoms with Gasteiger partial charge in [0.2, 0.25) is 15.9 Å².